The molecule has 1 aliphatic rings. The van der Waals surface area contributed by atoms with Crippen molar-refractivity contribution in [2.24, 2.45) is 5.92 Å². The van der Waals surface area contributed by atoms with Crippen molar-refractivity contribution < 1.29 is 0 Å². The molecular formula is C17H25N3S. The van der Waals surface area contributed by atoms with Crippen molar-refractivity contribution in [3.05, 3.63) is 29.3 Å². The Morgan fingerprint density at radius 1 is 1.38 bits per heavy atom. The molecule has 0 saturated carbocycles. The minimum atomic E-state index is 0.599. The third kappa shape index (κ3) is 3.28. The van der Waals surface area contributed by atoms with E-state index in [-0.39, 0.29) is 0 Å². The normalized spacial score (nSPS) is 24.0. The van der Waals surface area contributed by atoms with Crippen LogP contribution in [0.25, 0.3) is 10.2 Å². The van der Waals surface area contributed by atoms with Crippen molar-refractivity contribution in [2.45, 2.75) is 45.8 Å². The van der Waals surface area contributed by atoms with Crippen molar-refractivity contribution in [1.82, 2.24) is 15.2 Å². The molecule has 2 atom stereocenters. The molecule has 2 aromatic rings. The Hall–Kier alpha value is -0.970. The number of para-hydroxylation sites is 1. The molecule has 3 rings (SSSR count). The zero-order chi connectivity index (χ0) is 14.8. The summed E-state index contributed by atoms with van der Waals surface area (Å²) >= 11 is 1.84. The van der Waals surface area contributed by atoms with Crippen LogP contribution in [0.3, 0.4) is 0 Å². The number of aromatic nitrogens is 1. The lowest BCUT2D eigenvalue weighted by atomic mass is 9.98. The molecule has 0 bridgehead atoms. The van der Waals surface area contributed by atoms with E-state index in [9.17, 15) is 0 Å². The highest BCUT2D eigenvalue weighted by molar-refractivity contribution is 7.18. The average Bonchev–Trinajstić information content (AvgIpc) is 2.89. The Bertz CT molecular complexity index is 559. The molecule has 2 unspecified atom stereocenters. The fourth-order valence-electron chi connectivity index (χ4n) is 3.09. The van der Waals surface area contributed by atoms with Gasteiger partial charge in [-0.15, -0.1) is 11.3 Å². The number of rotatable bonds is 4. The van der Waals surface area contributed by atoms with Gasteiger partial charge in [0.15, 0.2) is 0 Å². The number of benzene rings is 1. The quantitative estimate of drug-likeness (QED) is 0.937. The molecule has 1 saturated heterocycles. The maximum Gasteiger partial charge on any atom is 0.108 e. The molecule has 1 aliphatic heterocycles. The predicted octanol–water partition coefficient (Wildman–Crippen LogP) is 3.50. The zero-order valence-electron chi connectivity index (χ0n) is 13.2. The fraction of sp³-hybridized carbons (Fsp3) is 0.588. The van der Waals surface area contributed by atoms with Crippen LogP contribution < -0.4 is 5.32 Å². The average molecular weight is 303 g/mol. The summed E-state index contributed by atoms with van der Waals surface area (Å²) in [6, 6.07) is 9.68. The number of fused-ring (bicyclic) bond motifs is 1. The van der Waals surface area contributed by atoms with E-state index in [1.54, 1.807) is 0 Å². The molecule has 1 N–H and O–H groups in total. The van der Waals surface area contributed by atoms with Gasteiger partial charge in [-0.05, 0) is 24.5 Å². The Balaban J connectivity index is 1.76. The number of hydrogen-bond donors (Lipinski definition) is 1. The SMILES string of the molecule is CCC1CNC(C(C)C)CN1Cc1nc2ccccc2s1. The highest BCUT2D eigenvalue weighted by Crippen LogP contribution is 2.25. The first-order chi connectivity index (χ1) is 10.2. The second kappa shape index (κ2) is 6.42. The zero-order valence-corrected chi connectivity index (χ0v) is 14.0. The Morgan fingerprint density at radius 3 is 2.90 bits per heavy atom. The van der Waals surface area contributed by atoms with Crippen LogP contribution in [0, 0.1) is 5.92 Å². The van der Waals surface area contributed by atoms with Gasteiger partial charge in [0, 0.05) is 25.2 Å². The second-order valence-corrected chi connectivity index (χ2v) is 7.44. The molecule has 0 radical (unpaired) electrons. The van der Waals surface area contributed by atoms with Gasteiger partial charge >= 0.3 is 0 Å². The first-order valence-electron chi connectivity index (χ1n) is 7.99. The van der Waals surface area contributed by atoms with Crippen LogP contribution in [0.15, 0.2) is 24.3 Å². The van der Waals surface area contributed by atoms with Crippen LogP contribution in [0.5, 0.6) is 0 Å². The minimum Gasteiger partial charge on any atom is -0.311 e. The van der Waals surface area contributed by atoms with Crippen molar-refractivity contribution in [2.75, 3.05) is 13.1 Å². The number of nitrogens with one attached hydrogen (secondary N) is 1. The van der Waals surface area contributed by atoms with Crippen LogP contribution in [0.2, 0.25) is 0 Å². The van der Waals surface area contributed by atoms with Gasteiger partial charge in [0.2, 0.25) is 0 Å². The fourth-order valence-corrected chi connectivity index (χ4v) is 4.08. The Labute approximate surface area is 131 Å². The van der Waals surface area contributed by atoms with Gasteiger partial charge < -0.3 is 5.32 Å². The van der Waals surface area contributed by atoms with Crippen molar-refractivity contribution in [3.8, 4) is 0 Å². The molecule has 114 valence electrons. The van der Waals surface area contributed by atoms with Crippen LogP contribution in [-0.4, -0.2) is 35.1 Å². The van der Waals surface area contributed by atoms with E-state index >= 15 is 0 Å². The Morgan fingerprint density at radius 2 is 2.19 bits per heavy atom. The largest absolute Gasteiger partial charge is 0.311 e. The monoisotopic (exact) mass is 303 g/mol. The molecule has 3 nitrogen and oxygen atoms in total. The molecular weight excluding hydrogens is 278 g/mol. The smallest absolute Gasteiger partial charge is 0.108 e. The first-order valence-corrected chi connectivity index (χ1v) is 8.81. The molecule has 1 aromatic heterocycles. The third-order valence-electron chi connectivity index (χ3n) is 4.52. The number of hydrogen-bond acceptors (Lipinski definition) is 4. The maximum absolute atomic E-state index is 4.80. The van der Waals surface area contributed by atoms with Gasteiger partial charge in [-0.1, -0.05) is 32.9 Å². The van der Waals surface area contributed by atoms with Gasteiger partial charge in [0.1, 0.15) is 5.01 Å². The van der Waals surface area contributed by atoms with E-state index < -0.39 is 0 Å². The van der Waals surface area contributed by atoms with E-state index in [1.165, 1.54) is 16.1 Å². The summed E-state index contributed by atoms with van der Waals surface area (Å²) in [5, 5.41) is 4.95. The third-order valence-corrected chi connectivity index (χ3v) is 5.54. The molecule has 0 spiro atoms. The predicted molar refractivity (Wildman–Crippen MR) is 90.7 cm³/mol. The highest BCUT2D eigenvalue weighted by atomic mass is 32.1. The number of nitrogens with zero attached hydrogens (tertiary/aromatic N) is 2. The topological polar surface area (TPSA) is 28.2 Å². The van der Waals surface area contributed by atoms with Gasteiger partial charge in [0.25, 0.3) is 0 Å². The summed E-state index contributed by atoms with van der Waals surface area (Å²) in [6.07, 6.45) is 1.20. The van der Waals surface area contributed by atoms with Crippen LogP contribution in [-0.2, 0) is 6.54 Å². The molecule has 1 aromatic carbocycles. The summed E-state index contributed by atoms with van der Waals surface area (Å²) in [5.41, 5.74) is 1.14. The lowest BCUT2D eigenvalue weighted by Gasteiger charge is -2.41. The van der Waals surface area contributed by atoms with Crippen LogP contribution >= 0.6 is 11.3 Å². The van der Waals surface area contributed by atoms with Gasteiger partial charge in [-0.25, -0.2) is 4.98 Å². The van der Waals surface area contributed by atoms with Crippen molar-refractivity contribution in [1.29, 1.82) is 0 Å². The van der Waals surface area contributed by atoms with Gasteiger partial charge in [-0.3, -0.25) is 4.90 Å². The van der Waals surface area contributed by atoms with Crippen LogP contribution in [0.1, 0.15) is 32.2 Å². The highest BCUT2D eigenvalue weighted by Gasteiger charge is 2.28. The molecule has 0 amide bonds. The lowest BCUT2D eigenvalue weighted by molar-refractivity contribution is 0.103. The van der Waals surface area contributed by atoms with E-state index in [4.69, 9.17) is 4.98 Å². The van der Waals surface area contributed by atoms with E-state index in [2.05, 4.69) is 55.3 Å². The lowest BCUT2D eigenvalue weighted by Crippen LogP contribution is -2.57. The summed E-state index contributed by atoms with van der Waals surface area (Å²) in [5.74, 6) is 0.681. The standard InChI is InChI=1S/C17H25N3S/c1-4-13-9-18-15(12(2)3)10-20(13)11-17-19-14-7-5-6-8-16(14)21-17/h5-8,12-13,15,18H,4,9-11H2,1-3H3. The molecule has 2 heterocycles. The van der Waals surface area contributed by atoms with Gasteiger partial charge in [0.05, 0.1) is 16.8 Å². The number of thiazole rings is 1. The van der Waals surface area contributed by atoms with Crippen molar-refractivity contribution in [3.63, 3.8) is 0 Å². The van der Waals surface area contributed by atoms with E-state index in [0.717, 1.165) is 25.2 Å². The molecule has 4 heteroatoms. The Kier molecular flexibility index (Phi) is 4.57. The molecule has 1 fully saturated rings. The summed E-state index contributed by atoms with van der Waals surface area (Å²) in [6.45, 7) is 10.1. The summed E-state index contributed by atoms with van der Waals surface area (Å²) in [4.78, 5) is 7.43. The number of piperazine rings is 1. The van der Waals surface area contributed by atoms with E-state index in [0.29, 0.717) is 18.0 Å². The molecule has 0 aliphatic carbocycles. The van der Waals surface area contributed by atoms with Gasteiger partial charge in [-0.2, -0.15) is 0 Å². The minimum absolute atomic E-state index is 0.599. The maximum atomic E-state index is 4.80. The second-order valence-electron chi connectivity index (χ2n) is 6.33. The van der Waals surface area contributed by atoms with Crippen molar-refractivity contribution >= 4 is 21.6 Å². The van der Waals surface area contributed by atoms with Crippen LogP contribution in [0.4, 0.5) is 0 Å². The van der Waals surface area contributed by atoms with E-state index in [1.807, 2.05) is 11.3 Å². The summed E-state index contributed by atoms with van der Waals surface area (Å²) < 4.78 is 1.30. The molecule has 21 heavy (non-hydrogen) atoms. The first kappa shape index (κ1) is 14.9. The summed E-state index contributed by atoms with van der Waals surface area (Å²) in [7, 11) is 0.